The van der Waals surface area contributed by atoms with Crippen LogP contribution in [-0.4, -0.2) is 9.13 Å². The molecule has 0 bridgehead atoms. The molecule has 0 radical (unpaired) electrons. The van der Waals surface area contributed by atoms with Gasteiger partial charge < -0.3 is 18.0 Å². The van der Waals surface area contributed by atoms with E-state index in [2.05, 4.69) is 69.8 Å². The summed E-state index contributed by atoms with van der Waals surface area (Å²) < 4.78 is 16.9. The zero-order valence-corrected chi connectivity index (χ0v) is 26.3. The number of hydrogen-bond acceptors (Lipinski definition) is 4. The molecule has 11 aromatic rings. The van der Waals surface area contributed by atoms with Crippen LogP contribution in [0.4, 0.5) is 0 Å². The Morgan fingerprint density at radius 2 is 0.780 bits per heavy atom. The Labute approximate surface area is 283 Å². The van der Waals surface area contributed by atoms with Crippen LogP contribution in [-0.2, 0) is 0 Å². The van der Waals surface area contributed by atoms with E-state index in [0.717, 1.165) is 87.5 Å². The Morgan fingerprint density at radius 3 is 1.22 bits per heavy atom. The molecule has 0 saturated carbocycles. The third-order valence-electron chi connectivity index (χ3n) is 10.2. The molecule has 50 heavy (non-hydrogen) atoms. The largest absolute Gasteiger partial charge is 0.456 e. The zero-order chi connectivity index (χ0) is 33.1. The van der Waals surface area contributed by atoms with Gasteiger partial charge in [-0.3, -0.25) is 0 Å². The number of rotatable bonds is 2. The molecule has 0 aliphatic heterocycles. The third kappa shape index (κ3) is 3.29. The van der Waals surface area contributed by atoms with Crippen LogP contribution >= 0.6 is 0 Å². The van der Waals surface area contributed by atoms with Crippen molar-refractivity contribution in [3.05, 3.63) is 145 Å². The highest BCUT2D eigenvalue weighted by Crippen LogP contribution is 2.44. The summed E-state index contributed by atoms with van der Waals surface area (Å²) >= 11 is 0. The van der Waals surface area contributed by atoms with E-state index < -0.39 is 0 Å². The second-order valence-electron chi connectivity index (χ2n) is 12.6. The zero-order valence-electron chi connectivity index (χ0n) is 26.3. The summed E-state index contributed by atoms with van der Waals surface area (Å²) in [5.41, 5.74) is 8.74. The first-order valence-corrected chi connectivity index (χ1v) is 16.4. The van der Waals surface area contributed by atoms with Crippen LogP contribution in [0.25, 0.3) is 98.9 Å². The Bertz CT molecular complexity index is 3130. The Kier molecular flexibility index (Phi) is 5.16. The fourth-order valence-electron chi connectivity index (χ4n) is 8.21. The smallest absolute Gasteiger partial charge is 0.137 e. The number of furan rings is 2. The summed E-state index contributed by atoms with van der Waals surface area (Å²) in [6.45, 7) is 0. The van der Waals surface area contributed by atoms with Crippen LogP contribution in [0, 0.1) is 22.7 Å². The summed E-state index contributed by atoms with van der Waals surface area (Å²) in [5.74, 6) is 0. The van der Waals surface area contributed by atoms with Gasteiger partial charge in [0, 0.05) is 32.3 Å². The Hall–Kier alpha value is -7.28. The highest BCUT2D eigenvalue weighted by atomic mass is 16.3. The number of fused-ring (bicyclic) bond motifs is 14. The lowest BCUT2D eigenvalue weighted by Gasteiger charge is -2.16. The number of nitrogens with zero attached hydrogens (tertiary/aromatic N) is 4. The van der Waals surface area contributed by atoms with Gasteiger partial charge in [-0.2, -0.15) is 10.5 Å². The molecule has 0 fully saturated rings. The minimum Gasteiger partial charge on any atom is -0.456 e. The van der Waals surface area contributed by atoms with Crippen molar-refractivity contribution >= 4 is 87.5 Å². The molecule has 0 atom stereocenters. The quantitative estimate of drug-likeness (QED) is 0.189. The summed E-state index contributed by atoms with van der Waals surface area (Å²) in [6, 6.07) is 49.6. The van der Waals surface area contributed by atoms with Crippen molar-refractivity contribution in [2.75, 3.05) is 0 Å². The van der Waals surface area contributed by atoms with Gasteiger partial charge in [0.2, 0.25) is 0 Å². The van der Waals surface area contributed by atoms with E-state index in [1.165, 1.54) is 0 Å². The molecule has 0 unspecified atom stereocenters. The molecule has 0 saturated heterocycles. The molecule has 6 heteroatoms. The SMILES string of the molecule is N#Cc1c(-n2c3ccccc3c3ccc4oc5ccccc5c4c32)ccc(-n2c3ccccc3c3ccc4oc5ccccc5c4c32)c1C#N. The minimum atomic E-state index is 0.299. The number of hydrogen-bond donors (Lipinski definition) is 0. The van der Waals surface area contributed by atoms with Gasteiger partial charge in [0.15, 0.2) is 0 Å². The number of aromatic nitrogens is 2. The molecule has 4 heterocycles. The molecule has 4 aromatic heterocycles. The van der Waals surface area contributed by atoms with E-state index in [4.69, 9.17) is 8.83 Å². The highest BCUT2D eigenvalue weighted by Gasteiger charge is 2.25. The van der Waals surface area contributed by atoms with Crippen molar-refractivity contribution < 1.29 is 8.83 Å². The van der Waals surface area contributed by atoms with Crippen molar-refractivity contribution in [3.63, 3.8) is 0 Å². The van der Waals surface area contributed by atoms with E-state index in [9.17, 15) is 10.5 Å². The van der Waals surface area contributed by atoms with Gasteiger partial charge in [0.25, 0.3) is 0 Å². The average Bonchev–Trinajstić information content (AvgIpc) is 3.91. The first-order valence-electron chi connectivity index (χ1n) is 16.4. The Morgan fingerprint density at radius 1 is 0.380 bits per heavy atom. The van der Waals surface area contributed by atoms with Crippen LogP contribution in [0.3, 0.4) is 0 Å². The summed E-state index contributed by atoms with van der Waals surface area (Å²) in [6.07, 6.45) is 0. The van der Waals surface area contributed by atoms with Gasteiger partial charge in [-0.1, -0.05) is 72.8 Å². The maximum Gasteiger partial charge on any atom is 0.137 e. The normalized spacial score (nSPS) is 12.0. The molecule has 11 rings (SSSR count). The number of benzene rings is 7. The molecule has 6 nitrogen and oxygen atoms in total. The van der Waals surface area contributed by atoms with E-state index in [1.807, 2.05) is 84.9 Å². The fraction of sp³-hybridized carbons (Fsp3) is 0. The second-order valence-corrected chi connectivity index (χ2v) is 12.6. The van der Waals surface area contributed by atoms with Gasteiger partial charge in [-0.05, 0) is 60.7 Å². The van der Waals surface area contributed by atoms with Gasteiger partial charge in [-0.15, -0.1) is 0 Å². The van der Waals surface area contributed by atoms with Gasteiger partial charge in [0.1, 0.15) is 34.5 Å². The van der Waals surface area contributed by atoms with Crippen LogP contribution in [0.1, 0.15) is 11.1 Å². The van der Waals surface area contributed by atoms with E-state index in [-0.39, 0.29) is 0 Å². The van der Waals surface area contributed by atoms with Crippen LogP contribution in [0.15, 0.2) is 142 Å². The predicted molar refractivity (Wildman–Crippen MR) is 199 cm³/mol. The number of nitriles is 2. The van der Waals surface area contributed by atoms with Crippen LogP contribution in [0.5, 0.6) is 0 Å². The average molecular weight is 639 g/mol. The molecule has 0 amide bonds. The molecule has 0 spiro atoms. The lowest BCUT2D eigenvalue weighted by atomic mass is 10.0. The van der Waals surface area contributed by atoms with Crippen LogP contribution in [0.2, 0.25) is 0 Å². The minimum absolute atomic E-state index is 0.299. The molecular weight excluding hydrogens is 617 g/mol. The van der Waals surface area contributed by atoms with Crippen molar-refractivity contribution in [2.24, 2.45) is 0 Å². The van der Waals surface area contributed by atoms with E-state index >= 15 is 0 Å². The van der Waals surface area contributed by atoms with Gasteiger partial charge in [-0.25, -0.2) is 0 Å². The summed E-state index contributed by atoms with van der Waals surface area (Å²) in [7, 11) is 0. The van der Waals surface area contributed by atoms with Crippen molar-refractivity contribution in [2.45, 2.75) is 0 Å². The second kappa shape index (κ2) is 9.64. The third-order valence-corrected chi connectivity index (χ3v) is 10.2. The van der Waals surface area contributed by atoms with E-state index in [1.54, 1.807) is 0 Å². The lowest BCUT2D eigenvalue weighted by Crippen LogP contribution is -2.05. The van der Waals surface area contributed by atoms with Crippen LogP contribution < -0.4 is 0 Å². The standard InChI is InChI=1S/C44H22N4O2/c45-23-31-32(24-46)36(48-34-14-6-2-10-26(34)28-18-22-40-42(44(28)48)30-12-4-8-16-38(30)50-40)20-19-35(31)47-33-13-5-1-9-25(33)27-17-21-39-41(43(27)47)29-11-3-7-15-37(29)49-39/h1-22H. The maximum absolute atomic E-state index is 11.0. The maximum atomic E-state index is 11.0. The molecule has 0 aliphatic rings. The van der Waals surface area contributed by atoms with Gasteiger partial charge in [0.05, 0.1) is 55.3 Å². The van der Waals surface area contributed by atoms with Crippen molar-refractivity contribution in [1.82, 2.24) is 9.13 Å². The summed E-state index contributed by atoms with van der Waals surface area (Å²) in [5, 5.41) is 30.1. The topological polar surface area (TPSA) is 83.7 Å². The molecule has 230 valence electrons. The number of para-hydroxylation sites is 4. The monoisotopic (exact) mass is 638 g/mol. The molecule has 0 N–H and O–H groups in total. The fourth-order valence-corrected chi connectivity index (χ4v) is 8.21. The van der Waals surface area contributed by atoms with Crippen molar-refractivity contribution in [1.29, 1.82) is 10.5 Å². The molecule has 0 aliphatic carbocycles. The first-order chi connectivity index (χ1) is 24.7. The predicted octanol–water partition coefficient (Wildman–Crippen LogP) is 11.4. The van der Waals surface area contributed by atoms with E-state index in [0.29, 0.717) is 22.5 Å². The Balaban J connectivity index is 1.30. The highest BCUT2D eigenvalue weighted by molar-refractivity contribution is 6.26. The molecular formula is C44H22N4O2. The first kappa shape index (κ1) is 26.8. The lowest BCUT2D eigenvalue weighted by molar-refractivity contribution is 0.669. The molecule has 7 aromatic carbocycles. The summed E-state index contributed by atoms with van der Waals surface area (Å²) in [4.78, 5) is 0. The van der Waals surface area contributed by atoms with Gasteiger partial charge >= 0.3 is 0 Å². The van der Waals surface area contributed by atoms with Crippen molar-refractivity contribution in [3.8, 4) is 23.5 Å².